The van der Waals surface area contributed by atoms with Crippen LogP contribution in [-0.4, -0.2) is 52.7 Å². The topological polar surface area (TPSA) is 105 Å². The molecule has 10 heteroatoms. The van der Waals surface area contributed by atoms with Crippen LogP contribution in [0.4, 0.5) is 0 Å². The van der Waals surface area contributed by atoms with E-state index in [1.165, 1.54) is 18.5 Å². The zero-order valence-electron chi connectivity index (χ0n) is 16.6. The third kappa shape index (κ3) is 8.54. The van der Waals surface area contributed by atoms with E-state index in [4.69, 9.17) is 4.74 Å². The first-order valence-electron chi connectivity index (χ1n) is 9.10. The van der Waals surface area contributed by atoms with Crippen LogP contribution >= 0.6 is 24.0 Å². The summed E-state index contributed by atoms with van der Waals surface area (Å²) < 4.78 is 32.2. The summed E-state index contributed by atoms with van der Waals surface area (Å²) in [5.41, 5.74) is 1.11. The summed E-state index contributed by atoms with van der Waals surface area (Å²) in [6, 6.07) is 11.0. The van der Waals surface area contributed by atoms with Gasteiger partial charge < -0.3 is 15.4 Å². The Bertz CT molecular complexity index is 863. The molecule has 0 radical (unpaired) electrons. The van der Waals surface area contributed by atoms with Crippen LogP contribution in [-0.2, 0) is 16.4 Å². The number of aromatic nitrogens is 1. The van der Waals surface area contributed by atoms with Crippen molar-refractivity contribution in [3.05, 3.63) is 54.4 Å². The molecule has 0 aliphatic carbocycles. The number of nitrogens with one attached hydrogen (secondary N) is 3. The van der Waals surface area contributed by atoms with Gasteiger partial charge in [0.15, 0.2) is 5.96 Å². The lowest BCUT2D eigenvalue weighted by Gasteiger charge is -2.13. The Hall–Kier alpha value is -1.92. The fraction of sp³-hybridized carbons (Fsp3) is 0.368. The Morgan fingerprint density at radius 3 is 2.62 bits per heavy atom. The van der Waals surface area contributed by atoms with Crippen LogP contribution in [0, 0.1) is 0 Å². The lowest BCUT2D eigenvalue weighted by Crippen LogP contribution is -2.39. The van der Waals surface area contributed by atoms with Crippen molar-refractivity contribution in [3.8, 4) is 5.75 Å². The highest BCUT2D eigenvalue weighted by molar-refractivity contribution is 14.0. The number of guanidine groups is 1. The molecule has 0 unspecified atom stereocenters. The number of benzene rings is 1. The number of hydrogen-bond acceptors (Lipinski definition) is 5. The van der Waals surface area contributed by atoms with E-state index in [0.717, 1.165) is 17.7 Å². The second-order valence-corrected chi connectivity index (χ2v) is 7.60. The fourth-order valence-corrected chi connectivity index (χ4v) is 3.49. The van der Waals surface area contributed by atoms with Gasteiger partial charge in [-0.15, -0.1) is 24.0 Å². The predicted molar refractivity (Wildman–Crippen MR) is 126 cm³/mol. The number of hydrogen-bond donors (Lipinski definition) is 3. The molecule has 2 aromatic rings. The summed E-state index contributed by atoms with van der Waals surface area (Å²) in [6.45, 7) is 3.86. The minimum absolute atomic E-state index is 0. The molecule has 0 bridgehead atoms. The van der Waals surface area contributed by atoms with Crippen LogP contribution in [0.3, 0.4) is 0 Å². The number of methoxy groups -OCH3 is 1. The molecule has 0 saturated heterocycles. The van der Waals surface area contributed by atoms with Gasteiger partial charge in [0.25, 0.3) is 0 Å². The van der Waals surface area contributed by atoms with Crippen LogP contribution in [0.5, 0.6) is 5.75 Å². The minimum Gasteiger partial charge on any atom is -0.496 e. The molecule has 0 aliphatic rings. The summed E-state index contributed by atoms with van der Waals surface area (Å²) >= 11 is 0. The summed E-state index contributed by atoms with van der Waals surface area (Å²) in [6.07, 6.45) is 3.62. The maximum Gasteiger partial charge on any atom is 0.242 e. The number of ether oxygens (including phenoxy) is 1. The third-order valence-electron chi connectivity index (χ3n) is 3.84. The van der Waals surface area contributed by atoms with Gasteiger partial charge in [-0.2, -0.15) is 0 Å². The Kier molecular flexibility index (Phi) is 11.5. The van der Waals surface area contributed by atoms with Crippen molar-refractivity contribution >= 4 is 40.0 Å². The monoisotopic (exact) mass is 533 g/mol. The second kappa shape index (κ2) is 13.3. The molecule has 1 aromatic heterocycles. The molecule has 0 amide bonds. The summed E-state index contributed by atoms with van der Waals surface area (Å²) in [7, 11) is -1.91. The highest BCUT2D eigenvalue weighted by atomic mass is 127. The largest absolute Gasteiger partial charge is 0.496 e. The van der Waals surface area contributed by atoms with Crippen LogP contribution in [0.25, 0.3) is 0 Å². The van der Waals surface area contributed by atoms with Gasteiger partial charge in [-0.05, 0) is 37.1 Å². The van der Waals surface area contributed by atoms with E-state index in [9.17, 15) is 8.42 Å². The number of nitrogens with zero attached hydrogens (tertiary/aromatic N) is 2. The second-order valence-electron chi connectivity index (χ2n) is 5.84. The molecule has 0 fully saturated rings. The molecule has 8 nitrogen and oxygen atoms in total. The predicted octanol–water partition coefficient (Wildman–Crippen LogP) is 1.78. The van der Waals surface area contributed by atoms with E-state index in [1.54, 1.807) is 13.2 Å². The fourth-order valence-electron chi connectivity index (χ4n) is 2.50. The molecule has 160 valence electrons. The molecule has 3 N–H and O–H groups in total. The van der Waals surface area contributed by atoms with Gasteiger partial charge in [-0.1, -0.05) is 18.2 Å². The molecule has 1 aromatic carbocycles. The third-order valence-corrected chi connectivity index (χ3v) is 5.29. The first kappa shape index (κ1) is 25.1. The Labute approximate surface area is 189 Å². The zero-order chi connectivity index (χ0) is 20.2. The molecular formula is C19H28IN5O3S. The first-order valence-corrected chi connectivity index (χ1v) is 10.6. The average molecular weight is 533 g/mol. The molecule has 2 rings (SSSR count). The smallest absolute Gasteiger partial charge is 0.242 e. The summed E-state index contributed by atoms with van der Waals surface area (Å²) in [4.78, 5) is 8.37. The van der Waals surface area contributed by atoms with Crippen molar-refractivity contribution in [2.75, 3.05) is 33.3 Å². The number of para-hydroxylation sites is 1. The lowest BCUT2D eigenvalue weighted by molar-refractivity contribution is 0.409. The molecule has 29 heavy (non-hydrogen) atoms. The van der Waals surface area contributed by atoms with E-state index in [-0.39, 0.29) is 35.4 Å². The SMILES string of the molecule is CCNC(=NCCNS(=O)(=O)c1cccnc1)NCCc1ccccc1OC.I. The summed E-state index contributed by atoms with van der Waals surface area (Å²) in [5, 5.41) is 6.39. The zero-order valence-corrected chi connectivity index (χ0v) is 19.7. The van der Waals surface area contributed by atoms with Crippen molar-refractivity contribution in [3.63, 3.8) is 0 Å². The molecule has 0 spiro atoms. The van der Waals surface area contributed by atoms with E-state index in [1.807, 2.05) is 31.2 Å². The van der Waals surface area contributed by atoms with Crippen molar-refractivity contribution in [1.29, 1.82) is 0 Å². The van der Waals surface area contributed by atoms with E-state index in [0.29, 0.717) is 25.6 Å². The first-order chi connectivity index (χ1) is 13.6. The standard InChI is InChI=1S/C19H27N5O3S.HI/c1-3-21-19(22-12-10-16-7-4-5-9-18(16)27-2)23-13-14-24-28(25,26)17-8-6-11-20-15-17;/h4-9,11,15,24H,3,10,12-14H2,1-2H3,(H2,21,22,23);1H. The van der Waals surface area contributed by atoms with Crippen molar-refractivity contribution < 1.29 is 13.2 Å². The molecule has 1 heterocycles. The van der Waals surface area contributed by atoms with E-state index >= 15 is 0 Å². The number of sulfonamides is 1. The number of aliphatic imine (C=N–C) groups is 1. The quantitative estimate of drug-likeness (QED) is 0.186. The molecule has 0 atom stereocenters. The normalized spacial score (nSPS) is 11.4. The van der Waals surface area contributed by atoms with Gasteiger partial charge >= 0.3 is 0 Å². The van der Waals surface area contributed by atoms with Gasteiger partial charge in [0.2, 0.25) is 10.0 Å². The Morgan fingerprint density at radius 1 is 1.14 bits per heavy atom. The van der Waals surface area contributed by atoms with E-state index in [2.05, 4.69) is 25.3 Å². The minimum atomic E-state index is -3.57. The maximum absolute atomic E-state index is 12.1. The van der Waals surface area contributed by atoms with Crippen molar-refractivity contribution in [1.82, 2.24) is 20.3 Å². The molecular weight excluding hydrogens is 505 g/mol. The Morgan fingerprint density at radius 2 is 1.93 bits per heavy atom. The number of halogens is 1. The van der Waals surface area contributed by atoms with Crippen molar-refractivity contribution in [2.24, 2.45) is 4.99 Å². The molecule has 0 aliphatic heterocycles. The van der Waals surface area contributed by atoms with Gasteiger partial charge in [-0.3, -0.25) is 9.98 Å². The van der Waals surface area contributed by atoms with Gasteiger partial charge in [0.05, 0.1) is 13.7 Å². The number of pyridine rings is 1. The highest BCUT2D eigenvalue weighted by Gasteiger charge is 2.12. The van der Waals surface area contributed by atoms with E-state index < -0.39 is 10.0 Å². The average Bonchev–Trinajstić information content (AvgIpc) is 2.72. The van der Waals surface area contributed by atoms with Crippen LogP contribution in [0.1, 0.15) is 12.5 Å². The number of rotatable bonds is 10. The van der Waals surface area contributed by atoms with Crippen LogP contribution in [0.15, 0.2) is 58.7 Å². The maximum atomic E-state index is 12.1. The van der Waals surface area contributed by atoms with Gasteiger partial charge in [0.1, 0.15) is 10.6 Å². The Balaban J connectivity index is 0.00000420. The van der Waals surface area contributed by atoms with Crippen LogP contribution in [0.2, 0.25) is 0 Å². The van der Waals surface area contributed by atoms with Gasteiger partial charge in [-0.25, -0.2) is 13.1 Å². The highest BCUT2D eigenvalue weighted by Crippen LogP contribution is 2.17. The molecule has 0 saturated carbocycles. The van der Waals surface area contributed by atoms with Crippen LogP contribution < -0.4 is 20.1 Å². The lowest BCUT2D eigenvalue weighted by atomic mass is 10.1. The van der Waals surface area contributed by atoms with Crippen molar-refractivity contribution in [2.45, 2.75) is 18.2 Å². The summed E-state index contributed by atoms with van der Waals surface area (Å²) in [5.74, 6) is 1.49. The van der Waals surface area contributed by atoms with Gasteiger partial charge in [0, 0.05) is 32.0 Å².